The van der Waals surface area contributed by atoms with Crippen molar-refractivity contribution in [1.82, 2.24) is 8.61 Å². The summed E-state index contributed by atoms with van der Waals surface area (Å²) in [5.74, 6) is 0.835. The molecule has 0 N–H and O–H groups in total. The van der Waals surface area contributed by atoms with E-state index in [1.54, 1.807) is 22.9 Å². The molecule has 0 aromatic carbocycles. The van der Waals surface area contributed by atoms with E-state index in [4.69, 9.17) is 4.42 Å². The highest BCUT2D eigenvalue weighted by atomic mass is 32.2. The highest BCUT2D eigenvalue weighted by Crippen LogP contribution is 2.25. The van der Waals surface area contributed by atoms with E-state index in [-0.39, 0.29) is 0 Å². The van der Waals surface area contributed by atoms with Gasteiger partial charge in [0.25, 0.3) is 10.2 Å². The Hall–Kier alpha value is -0.850. The Morgan fingerprint density at radius 2 is 2.00 bits per heavy atom. The van der Waals surface area contributed by atoms with E-state index in [9.17, 15) is 8.42 Å². The van der Waals surface area contributed by atoms with Gasteiger partial charge in [-0.15, -0.1) is 0 Å². The van der Waals surface area contributed by atoms with Crippen molar-refractivity contribution in [1.29, 1.82) is 0 Å². The number of rotatable bonds is 5. The number of hydrogen-bond donors (Lipinski definition) is 0. The van der Waals surface area contributed by atoms with Crippen LogP contribution in [0.4, 0.5) is 0 Å². The predicted octanol–water partition coefficient (Wildman–Crippen LogP) is 2.32. The van der Waals surface area contributed by atoms with Crippen LogP contribution in [0.25, 0.3) is 0 Å². The maximum absolute atomic E-state index is 12.8. The summed E-state index contributed by atoms with van der Waals surface area (Å²) in [6.45, 7) is 8.17. The first-order valence-electron chi connectivity index (χ1n) is 7.19. The molecule has 0 saturated carbocycles. The standard InChI is InChI=1S/C14H24N2O3S/c1-4-15(10-14-5-6-19-11-14)20(17,18)16-8-12(2)7-13(3)9-16/h5-6,11-13H,4,7-10H2,1-3H3. The Kier molecular flexibility index (Phi) is 4.88. The third-order valence-electron chi connectivity index (χ3n) is 3.78. The molecule has 2 heterocycles. The van der Waals surface area contributed by atoms with E-state index in [2.05, 4.69) is 13.8 Å². The summed E-state index contributed by atoms with van der Waals surface area (Å²) in [6, 6.07) is 1.81. The van der Waals surface area contributed by atoms with Crippen LogP contribution in [0.2, 0.25) is 0 Å². The largest absolute Gasteiger partial charge is 0.472 e. The van der Waals surface area contributed by atoms with Crippen LogP contribution in [0, 0.1) is 11.8 Å². The van der Waals surface area contributed by atoms with E-state index in [1.165, 1.54) is 4.31 Å². The van der Waals surface area contributed by atoms with Crippen molar-refractivity contribution in [2.75, 3.05) is 19.6 Å². The molecule has 0 bridgehead atoms. The summed E-state index contributed by atoms with van der Waals surface area (Å²) in [7, 11) is -3.39. The fourth-order valence-corrected chi connectivity index (χ4v) is 4.75. The second kappa shape index (κ2) is 6.28. The molecule has 0 spiro atoms. The first-order valence-corrected chi connectivity index (χ1v) is 8.59. The van der Waals surface area contributed by atoms with Crippen LogP contribution < -0.4 is 0 Å². The molecule has 1 fully saturated rings. The molecule has 5 nitrogen and oxygen atoms in total. The van der Waals surface area contributed by atoms with Gasteiger partial charge in [-0.3, -0.25) is 0 Å². The molecule has 1 saturated heterocycles. The Bertz CT molecular complexity index is 503. The van der Waals surface area contributed by atoms with Crippen molar-refractivity contribution in [3.05, 3.63) is 24.2 Å². The molecule has 2 rings (SSSR count). The number of piperidine rings is 1. The lowest BCUT2D eigenvalue weighted by Gasteiger charge is -2.36. The fourth-order valence-electron chi connectivity index (χ4n) is 2.90. The molecular formula is C14H24N2O3S. The van der Waals surface area contributed by atoms with Gasteiger partial charge in [-0.2, -0.15) is 17.0 Å². The van der Waals surface area contributed by atoms with Crippen molar-refractivity contribution in [2.24, 2.45) is 11.8 Å². The van der Waals surface area contributed by atoms with E-state index < -0.39 is 10.2 Å². The van der Waals surface area contributed by atoms with Crippen LogP contribution in [-0.2, 0) is 16.8 Å². The molecule has 1 aliphatic rings. The van der Waals surface area contributed by atoms with Gasteiger partial charge in [0, 0.05) is 31.7 Å². The van der Waals surface area contributed by atoms with Crippen LogP contribution in [-0.4, -0.2) is 36.7 Å². The van der Waals surface area contributed by atoms with Gasteiger partial charge in [-0.25, -0.2) is 0 Å². The van der Waals surface area contributed by atoms with Gasteiger partial charge < -0.3 is 4.42 Å². The summed E-state index contributed by atoms with van der Waals surface area (Å²) in [5, 5.41) is 0. The number of hydrogen-bond acceptors (Lipinski definition) is 3. The maximum atomic E-state index is 12.8. The molecule has 114 valence electrons. The highest BCUT2D eigenvalue weighted by Gasteiger charge is 2.34. The zero-order valence-corrected chi connectivity index (χ0v) is 13.3. The Labute approximate surface area is 121 Å². The number of furan rings is 1. The normalized spacial score (nSPS) is 25.2. The summed E-state index contributed by atoms with van der Waals surface area (Å²) >= 11 is 0. The summed E-state index contributed by atoms with van der Waals surface area (Å²) < 4.78 is 33.7. The minimum Gasteiger partial charge on any atom is -0.472 e. The van der Waals surface area contributed by atoms with E-state index in [0.717, 1.165) is 12.0 Å². The van der Waals surface area contributed by atoms with Crippen molar-refractivity contribution in [2.45, 2.75) is 33.7 Å². The molecule has 6 heteroatoms. The molecular weight excluding hydrogens is 276 g/mol. The second-order valence-corrected chi connectivity index (χ2v) is 7.76. The van der Waals surface area contributed by atoms with Gasteiger partial charge in [0.15, 0.2) is 0 Å². The third kappa shape index (κ3) is 3.42. The molecule has 0 aliphatic carbocycles. The number of nitrogens with zero attached hydrogens (tertiary/aromatic N) is 2. The lowest BCUT2D eigenvalue weighted by molar-refractivity contribution is 0.208. The van der Waals surface area contributed by atoms with E-state index >= 15 is 0 Å². The van der Waals surface area contributed by atoms with Gasteiger partial charge in [0.1, 0.15) is 0 Å². The van der Waals surface area contributed by atoms with Gasteiger partial charge >= 0.3 is 0 Å². The third-order valence-corrected chi connectivity index (χ3v) is 5.77. The van der Waals surface area contributed by atoms with Crippen molar-refractivity contribution in [3.63, 3.8) is 0 Å². The molecule has 1 aromatic rings. The topological polar surface area (TPSA) is 53.8 Å². The Morgan fingerprint density at radius 1 is 1.35 bits per heavy atom. The first-order chi connectivity index (χ1) is 9.43. The maximum Gasteiger partial charge on any atom is 0.282 e. The van der Waals surface area contributed by atoms with Gasteiger partial charge in [-0.1, -0.05) is 20.8 Å². The second-order valence-electron chi connectivity index (χ2n) is 5.83. The average molecular weight is 300 g/mol. The molecule has 0 radical (unpaired) electrons. The predicted molar refractivity (Wildman–Crippen MR) is 78.2 cm³/mol. The lowest BCUT2D eigenvalue weighted by Crippen LogP contribution is -2.49. The SMILES string of the molecule is CCN(Cc1ccoc1)S(=O)(=O)N1CC(C)CC(C)C1. The molecule has 1 aliphatic heterocycles. The summed E-state index contributed by atoms with van der Waals surface area (Å²) in [6.07, 6.45) is 4.26. The zero-order valence-electron chi connectivity index (χ0n) is 12.4. The van der Waals surface area contributed by atoms with Crippen molar-refractivity contribution < 1.29 is 12.8 Å². The zero-order chi connectivity index (χ0) is 14.8. The fraction of sp³-hybridized carbons (Fsp3) is 0.714. The van der Waals surface area contributed by atoms with Crippen molar-refractivity contribution in [3.8, 4) is 0 Å². The van der Waals surface area contributed by atoms with Gasteiger partial charge in [-0.05, 0) is 24.3 Å². The first kappa shape index (κ1) is 15.5. The average Bonchev–Trinajstić information content (AvgIpc) is 2.87. The van der Waals surface area contributed by atoms with Crippen LogP contribution in [0.1, 0.15) is 32.8 Å². The minimum atomic E-state index is -3.39. The van der Waals surface area contributed by atoms with Gasteiger partial charge in [0.2, 0.25) is 0 Å². The highest BCUT2D eigenvalue weighted by molar-refractivity contribution is 7.86. The van der Waals surface area contributed by atoms with Crippen LogP contribution in [0.5, 0.6) is 0 Å². The molecule has 0 amide bonds. The van der Waals surface area contributed by atoms with Crippen LogP contribution in [0.3, 0.4) is 0 Å². The minimum absolute atomic E-state index is 0.370. The molecule has 20 heavy (non-hydrogen) atoms. The van der Waals surface area contributed by atoms with E-state index in [1.807, 2.05) is 6.92 Å². The van der Waals surface area contributed by atoms with E-state index in [0.29, 0.717) is 38.0 Å². The molecule has 2 atom stereocenters. The van der Waals surface area contributed by atoms with Crippen LogP contribution >= 0.6 is 0 Å². The Morgan fingerprint density at radius 3 is 2.50 bits per heavy atom. The van der Waals surface area contributed by atoms with Crippen LogP contribution in [0.15, 0.2) is 23.0 Å². The summed E-state index contributed by atoms with van der Waals surface area (Å²) in [5.41, 5.74) is 0.883. The van der Waals surface area contributed by atoms with Gasteiger partial charge in [0.05, 0.1) is 12.5 Å². The summed E-state index contributed by atoms with van der Waals surface area (Å²) in [4.78, 5) is 0. The monoisotopic (exact) mass is 300 g/mol. The lowest BCUT2D eigenvalue weighted by atomic mass is 9.94. The quantitative estimate of drug-likeness (QED) is 0.838. The molecule has 2 unspecified atom stereocenters. The smallest absolute Gasteiger partial charge is 0.282 e. The van der Waals surface area contributed by atoms with Crippen molar-refractivity contribution >= 4 is 10.2 Å². The Balaban J connectivity index is 2.14. The molecule has 1 aromatic heterocycles.